The van der Waals surface area contributed by atoms with Crippen molar-refractivity contribution in [3.05, 3.63) is 95.0 Å². The Morgan fingerprint density at radius 1 is 1.06 bits per heavy atom. The summed E-state index contributed by atoms with van der Waals surface area (Å²) in [6.07, 6.45) is 4.67. The maximum Gasteiger partial charge on any atom is 0.193 e. The van der Waals surface area contributed by atoms with Gasteiger partial charge in [-0.1, -0.05) is 24.3 Å². The Hall–Kier alpha value is -3.23. The topological polar surface area (TPSA) is 58.0 Å². The smallest absolute Gasteiger partial charge is 0.193 e. The van der Waals surface area contributed by atoms with Gasteiger partial charge in [-0.05, 0) is 68.4 Å². The molecule has 34 heavy (non-hydrogen) atoms. The van der Waals surface area contributed by atoms with Gasteiger partial charge in [0.1, 0.15) is 0 Å². The minimum Gasteiger partial charge on any atom is -0.385 e. The third-order valence-corrected chi connectivity index (χ3v) is 7.38. The molecule has 1 aliphatic rings. The molecule has 1 aromatic carbocycles. The second kappa shape index (κ2) is 9.95. The van der Waals surface area contributed by atoms with Crippen LogP contribution in [0.2, 0.25) is 0 Å². The van der Waals surface area contributed by atoms with Gasteiger partial charge in [-0.2, -0.15) is 0 Å². The Labute approximate surface area is 209 Å². The van der Waals surface area contributed by atoms with Crippen molar-refractivity contribution in [3.63, 3.8) is 0 Å². The maximum atomic E-state index is 5.85. The van der Waals surface area contributed by atoms with Gasteiger partial charge in [0.25, 0.3) is 0 Å². The van der Waals surface area contributed by atoms with E-state index in [0.29, 0.717) is 0 Å². The Kier molecular flexibility index (Phi) is 6.60. The lowest BCUT2D eigenvalue weighted by molar-refractivity contribution is 0.315. The van der Waals surface area contributed by atoms with Crippen molar-refractivity contribution in [2.45, 2.75) is 32.4 Å². The SMILES string of the molecule is Cc1cc([C@H]2[C@H](c3ccccn3)NC(=S)N2CCCNc2ccccc2)c(C)n1-c1nccs1. The number of thiocarbonyl (C=S) groups is 1. The highest BCUT2D eigenvalue weighted by molar-refractivity contribution is 7.80. The Bertz CT molecular complexity index is 1240. The second-order valence-electron chi connectivity index (χ2n) is 8.44. The number of benzene rings is 1. The molecule has 5 rings (SSSR count). The highest BCUT2D eigenvalue weighted by Gasteiger charge is 2.41. The normalized spacial score (nSPS) is 17.7. The molecule has 4 aromatic rings. The van der Waals surface area contributed by atoms with Crippen LogP contribution in [0.5, 0.6) is 0 Å². The molecule has 0 unspecified atom stereocenters. The zero-order chi connectivity index (χ0) is 23.5. The molecule has 0 aliphatic carbocycles. The van der Waals surface area contributed by atoms with Gasteiger partial charge in [0, 0.05) is 47.9 Å². The van der Waals surface area contributed by atoms with Crippen LogP contribution in [0.15, 0.2) is 72.4 Å². The molecule has 0 radical (unpaired) electrons. The molecule has 6 nitrogen and oxygen atoms in total. The van der Waals surface area contributed by atoms with Gasteiger partial charge in [-0.25, -0.2) is 4.98 Å². The van der Waals surface area contributed by atoms with E-state index in [1.165, 1.54) is 17.0 Å². The van der Waals surface area contributed by atoms with Crippen molar-refractivity contribution < 1.29 is 0 Å². The lowest BCUT2D eigenvalue weighted by Crippen LogP contribution is -2.31. The van der Waals surface area contributed by atoms with Crippen molar-refractivity contribution in [2.24, 2.45) is 0 Å². The molecule has 2 N–H and O–H groups in total. The number of nitrogens with one attached hydrogen (secondary N) is 2. The zero-order valence-electron chi connectivity index (χ0n) is 19.3. The molecule has 0 bridgehead atoms. The summed E-state index contributed by atoms with van der Waals surface area (Å²) in [5.74, 6) is 0. The van der Waals surface area contributed by atoms with Crippen LogP contribution < -0.4 is 10.6 Å². The largest absolute Gasteiger partial charge is 0.385 e. The number of hydrogen-bond acceptors (Lipinski definition) is 5. The number of hydrogen-bond donors (Lipinski definition) is 2. The summed E-state index contributed by atoms with van der Waals surface area (Å²) in [7, 11) is 0. The van der Waals surface area contributed by atoms with E-state index in [0.717, 1.165) is 41.1 Å². The van der Waals surface area contributed by atoms with Gasteiger partial charge >= 0.3 is 0 Å². The number of para-hydroxylation sites is 1. The minimum absolute atomic E-state index is 0.0129. The summed E-state index contributed by atoms with van der Waals surface area (Å²) < 4.78 is 2.24. The van der Waals surface area contributed by atoms with Crippen molar-refractivity contribution in [1.82, 2.24) is 24.8 Å². The fourth-order valence-corrected chi connectivity index (χ4v) is 5.81. The van der Waals surface area contributed by atoms with Gasteiger partial charge in [-0.15, -0.1) is 11.3 Å². The molecule has 1 saturated heterocycles. The summed E-state index contributed by atoms with van der Waals surface area (Å²) in [4.78, 5) is 11.6. The van der Waals surface area contributed by atoms with E-state index in [2.05, 4.69) is 68.2 Å². The van der Waals surface area contributed by atoms with E-state index in [1.807, 2.05) is 48.1 Å². The van der Waals surface area contributed by atoms with Crippen LogP contribution in [0.4, 0.5) is 5.69 Å². The molecular formula is C26H28N6S2. The number of rotatable bonds is 8. The third kappa shape index (κ3) is 4.43. The number of nitrogens with zero attached hydrogens (tertiary/aromatic N) is 4. The standard InChI is InChI=1S/C26H28N6S2/c1-18-17-21(19(2)32(18)26-29-14-16-34-26)24-23(22-11-6-7-12-28-22)30-25(33)31(24)15-8-13-27-20-9-4-3-5-10-20/h3-7,9-12,14,16-17,23-24,27H,8,13,15H2,1-2H3,(H,30,33)/t23-,24-/m0/s1. The van der Waals surface area contributed by atoms with Crippen LogP contribution in [-0.4, -0.2) is 37.6 Å². The van der Waals surface area contributed by atoms with Crippen LogP contribution in [0.3, 0.4) is 0 Å². The van der Waals surface area contributed by atoms with Crippen molar-refractivity contribution in [3.8, 4) is 5.13 Å². The van der Waals surface area contributed by atoms with Crippen LogP contribution in [0, 0.1) is 13.8 Å². The average Bonchev–Trinajstić information content (AvgIpc) is 3.56. The first kappa shape index (κ1) is 22.6. The predicted octanol–water partition coefficient (Wildman–Crippen LogP) is 5.42. The Balaban J connectivity index is 1.43. The summed E-state index contributed by atoms with van der Waals surface area (Å²) in [6.45, 7) is 6.04. The summed E-state index contributed by atoms with van der Waals surface area (Å²) >= 11 is 7.50. The van der Waals surface area contributed by atoms with Crippen LogP contribution >= 0.6 is 23.6 Å². The van der Waals surface area contributed by atoms with Crippen molar-refractivity contribution in [2.75, 3.05) is 18.4 Å². The predicted molar refractivity (Wildman–Crippen MR) is 143 cm³/mol. The molecule has 1 fully saturated rings. The summed E-state index contributed by atoms with van der Waals surface area (Å²) in [5, 5.41) is 10.9. The molecule has 174 valence electrons. The number of aryl methyl sites for hydroxylation is 1. The molecule has 1 aliphatic heterocycles. The molecule has 3 aromatic heterocycles. The molecule has 0 amide bonds. The Morgan fingerprint density at radius 3 is 2.62 bits per heavy atom. The van der Waals surface area contributed by atoms with Gasteiger partial charge in [-0.3, -0.25) is 9.55 Å². The first-order valence-electron chi connectivity index (χ1n) is 11.5. The fraction of sp³-hybridized carbons (Fsp3) is 0.269. The third-order valence-electron chi connectivity index (χ3n) is 6.28. The van der Waals surface area contributed by atoms with E-state index in [9.17, 15) is 0 Å². The first-order valence-corrected chi connectivity index (χ1v) is 12.8. The zero-order valence-corrected chi connectivity index (χ0v) is 20.9. The van der Waals surface area contributed by atoms with Gasteiger partial charge in [0.2, 0.25) is 0 Å². The Morgan fingerprint density at radius 2 is 1.88 bits per heavy atom. The van der Waals surface area contributed by atoms with Gasteiger partial charge < -0.3 is 15.5 Å². The fourth-order valence-electron chi connectivity index (χ4n) is 4.73. The number of pyridine rings is 1. The molecule has 0 spiro atoms. The summed E-state index contributed by atoms with van der Waals surface area (Å²) in [6, 6.07) is 18.7. The van der Waals surface area contributed by atoms with Crippen LogP contribution in [0.1, 0.15) is 41.1 Å². The van der Waals surface area contributed by atoms with Crippen molar-refractivity contribution >= 4 is 34.4 Å². The van der Waals surface area contributed by atoms with E-state index in [-0.39, 0.29) is 12.1 Å². The van der Waals surface area contributed by atoms with Crippen LogP contribution in [0.25, 0.3) is 5.13 Å². The average molecular weight is 489 g/mol. The second-order valence-corrected chi connectivity index (χ2v) is 9.70. The molecule has 2 atom stereocenters. The quantitative estimate of drug-likeness (QED) is 0.255. The van der Waals surface area contributed by atoms with Gasteiger partial charge in [0.15, 0.2) is 10.2 Å². The molecule has 8 heteroatoms. The number of anilines is 1. The van der Waals surface area contributed by atoms with Gasteiger partial charge in [0.05, 0.1) is 17.8 Å². The maximum absolute atomic E-state index is 5.85. The van der Waals surface area contributed by atoms with Crippen LogP contribution in [-0.2, 0) is 0 Å². The lowest BCUT2D eigenvalue weighted by Gasteiger charge is -2.28. The highest BCUT2D eigenvalue weighted by atomic mass is 32.1. The monoisotopic (exact) mass is 488 g/mol. The summed E-state index contributed by atoms with van der Waals surface area (Å²) in [5.41, 5.74) is 5.76. The minimum atomic E-state index is -0.0129. The van der Waals surface area contributed by atoms with E-state index in [4.69, 9.17) is 12.2 Å². The first-order chi connectivity index (χ1) is 16.6. The lowest BCUT2D eigenvalue weighted by atomic mass is 9.96. The highest BCUT2D eigenvalue weighted by Crippen LogP contribution is 2.41. The van der Waals surface area contributed by atoms with E-state index < -0.39 is 0 Å². The molecule has 4 heterocycles. The molecule has 0 saturated carbocycles. The number of aromatic nitrogens is 3. The van der Waals surface area contributed by atoms with E-state index in [1.54, 1.807) is 11.3 Å². The number of thiazole rings is 1. The van der Waals surface area contributed by atoms with E-state index >= 15 is 0 Å². The molecular weight excluding hydrogens is 460 g/mol. The van der Waals surface area contributed by atoms with Crippen molar-refractivity contribution in [1.29, 1.82) is 0 Å².